The molecule has 0 heterocycles. The predicted octanol–water partition coefficient (Wildman–Crippen LogP) is 10.0. The molecule has 0 amide bonds. The normalized spacial score (nSPS) is 7.30. The van der Waals surface area contributed by atoms with E-state index in [9.17, 15) is 0 Å². The van der Waals surface area contributed by atoms with Gasteiger partial charge in [-0.05, 0) is 13.8 Å². The third-order valence-corrected chi connectivity index (χ3v) is 2.16. The molecule has 0 aromatic carbocycles. The van der Waals surface area contributed by atoms with Crippen LogP contribution in [0.3, 0.4) is 0 Å². The Morgan fingerprint density at radius 1 is 0.630 bits per heavy atom. The number of rotatable bonds is 6. The van der Waals surface area contributed by atoms with Gasteiger partial charge in [0, 0.05) is 0 Å². The zero-order valence-corrected chi connectivity index (χ0v) is 26.5. The third kappa shape index (κ3) is 218. The van der Waals surface area contributed by atoms with Crippen molar-refractivity contribution in [3.05, 3.63) is 58.7 Å². The second-order valence-corrected chi connectivity index (χ2v) is 4.95. The van der Waals surface area contributed by atoms with Crippen molar-refractivity contribution in [2.45, 2.75) is 107 Å². The standard InChI is InChI=1S/C6H14.C6H10.C5H12.C3H7.C3H5.2CH3.2W/c2*1-3-5-6-4-2;1-3-5-4-2;2*1-3-2;;;;/h3-6H2,1-2H3;3-6H,1-2H3;3-5H2,1-2H3;1,3H2,2H3;1,3H,2H3;2*1H3;;/q;;;4*-1;2*+2/b;5-3-,6-4-;;;;;;;. The van der Waals surface area contributed by atoms with Crippen LogP contribution >= 0.6 is 0 Å². The molecule has 0 nitrogen and oxygen atoms in total. The summed E-state index contributed by atoms with van der Waals surface area (Å²) in [7, 11) is 0. The monoisotopic (exact) mass is 722 g/mol. The first kappa shape index (κ1) is 56.4. The molecule has 0 saturated heterocycles. The van der Waals surface area contributed by atoms with E-state index in [1.54, 1.807) is 6.92 Å². The fraction of sp³-hybridized carbons (Fsp3) is 0.640. The van der Waals surface area contributed by atoms with Crippen LogP contribution in [-0.2, 0) is 42.1 Å². The number of allylic oxidation sites excluding steroid dienone is 5. The Kier molecular flexibility index (Phi) is 197. The van der Waals surface area contributed by atoms with Gasteiger partial charge in [-0.15, -0.1) is 0 Å². The number of hydrogen-bond acceptors (Lipinski definition) is 0. The Morgan fingerprint density at radius 2 is 0.815 bits per heavy atom. The molecule has 0 fully saturated rings. The van der Waals surface area contributed by atoms with Crippen molar-refractivity contribution in [3.63, 3.8) is 0 Å². The van der Waals surface area contributed by atoms with E-state index in [2.05, 4.69) is 34.6 Å². The Hall–Kier alpha value is 0.597. The zero-order chi connectivity index (χ0) is 19.2. The van der Waals surface area contributed by atoms with Gasteiger partial charge in [-0.1, -0.05) is 111 Å². The molecule has 27 heavy (non-hydrogen) atoms. The molecule has 2 heteroatoms. The van der Waals surface area contributed by atoms with Gasteiger partial charge >= 0.3 is 42.1 Å². The molecule has 0 atom stereocenters. The van der Waals surface area contributed by atoms with Gasteiger partial charge in [0.1, 0.15) is 0 Å². The summed E-state index contributed by atoms with van der Waals surface area (Å²) < 4.78 is 0. The van der Waals surface area contributed by atoms with Gasteiger partial charge in [-0.2, -0.15) is 6.42 Å². The molecule has 0 aromatic heterocycles. The molecule has 0 bridgehead atoms. The maximum atomic E-state index is 4.72. The molecular weight excluding hydrogens is 668 g/mol. The zero-order valence-electron chi connectivity index (χ0n) is 20.6. The summed E-state index contributed by atoms with van der Waals surface area (Å²) in [6.07, 6.45) is 20.1. The van der Waals surface area contributed by atoms with E-state index >= 15 is 0 Å². The van der Waals surface area contributed by atoms with Crippen molar-refractivity contribution < 1.29 is 42.1 Å². The molecule has 0 N–H and O–H groups in total. The average Bonchev–Trinajstić information content (AvgIpc) is 2.54. The van der Waals surface area contributed by atoms with E-state index in [0.29, 0.717) is 0 Å². The molecule has 0 aromatic rings. The maximum absolute atomic E-state index is 4.72. The van der Waals surface area contributed by atoms with Crippen LogP contribution in [0.5, 0.6) is 0 Å². The van der Waals surface area contributed by atoms with Crippen molar-refractivity contribution in [1.82, 2.24) is 0 Å². The fourth-order valence-corrected chi connectivity index (χ4v) is 1.08. The van der Waals surface area contributed by atoms with Crippen molar-refractivity contribution in [3.8, 4) is 0 Å². The first-order valence-corrected chi connectivity index (χ1v) is 9.60. The second kappa shape index (κ2) is 94.3. The topological polar surface area (TPSA) is 0 Å². The van der Waals surface area contributed by atoms with E-state index in [1.807, 2.05) is 45.1 Å². The van der Waals surface area contributed by atoms with Crippen LogP contribution in [-0.4, -0.2) is 0 Å². The Balaban J connectivity index is -0.0000000212. The van der Waals surface area contributed by atoms with E-state index < -0.39 is 0 Å². The molecule has 0 saturated carbocycles. The van der Waals surface area contributed by atoms with E-state index in [-0.39, 0.29) is 57.0 Å². The minimum absolute atomic E-state index is 0. The molecule has 0 unspecified atom stereocenters. The van der Waals surface area contributed by atoms with E-state index in [4.69, 9.17) is 6.58 Å². The number of unbranched alkanes of at least 4 members (excludes halogenated alkanes) is 5. The summed E-state index contributed by atoms with van der Waals surface area (Å²) >= 11 is 0. The summed E-state index contributed by atoms with van der Waals surface area (Å²) in [6.45, 7) is 24.9. The third-order valence-electron chi connectivity index (χ3n) is 2.16. The molecule has 0 rings (SSSR count). The van der Waals surface area contributed by atoms with E-state index in [1.165, 1.54) is 51.0 Å². The molecule has 166 valence electrons. The molecule has 0 aliphatic heterocycles. The van der Waals surface area contributed by atoms with Crippen LogP contribution in [0.15, 0.2) is 30.4 Å². The smallest absolute Gasteiger partial charge is 0.518 e. The maximum Gasteiger partial charge on any atom is 2.00 e. The van der Waals surface area contributed by atoms with Crippen molar-refractivity contribution in [1.29, 1.82) is 0 Å². The molecule has 0 spiro atoms. The van der Waals surface area contributed by atoms with Crippen molar-refractivity contribution in [2.24, 2.45) is 0 Å². The number of hydrogen-bond donors (Lipinski definition) is 0. The van der Waals surface area contributed by atoms with Gasteiger partial charge in [0.2, 0.25) is 0 Å². The Morgan fingerprint density at radius 3 is 0.889 bits per heavy atom. The predicted molar refractivity (Wildman–Crippen MR) is 128 cm³/mol. The van der Waals surface area contributed by atoms with Crippen molar-refractivity contribution >= 4 is 0 Å². The summed E-state index contributed by atoms with van der Waals surface area (Å²) in [6, 6.07) is 0. The largest absolute Gasteiger partial charge is 2.00 e. The van der Waals surface area contributed by atoms with Gasteiger partial charge < -0.3 is 28.4 Å². The minimum Gasteiger partial charge on any atom is -0.518 e. The Labute approximate surface area is 206 Å². The van der Waals surface area contributed by atoms with Crippen LogP contribution in [0.4, 0.5) is 0 Å². The summed E-state index contributed by atoms with van der Waals surface area (Å²) in [5.74, 6) is 0. The van der Waals surface area contributed by atoms with Gasteiger partial charge in [0.05, 0.1) is 0 Å². The van der Waals surface area contributed by atoms with Gasteiger partial charge in [0.25, 0.3) is 0 Å². The summed E-state index contributed by atoms with van der Waals surface area (Å²) in [4.78, 5) is 0. The van der Waals surface area contributed by atoms with Crippen LogP contribution in [0.2, 0.25) is 0 Å². The van der Waals surface area contributed by atoms with Gasteiger partial charge in [0.15, 0.2) is 0 Å². The quantitative estimate of drug-likeness (QED) is 0.146. The van der Waals surface area contributed by atoms with Crippen molar-refractivity contribution in [2.75, 3.05) is 0 Å². The summed E-state index contributed by atoms with van der Waals surface area (Å²) in [5, 5.41) is 0. The first-order valence-electron chi connectivity index (χ1n) is 9.60. The molecule has 0 radical (unpaired) electrons. The van der Waals surface area contributed by atoms with Crippen LogP contribution in [0, 0.1) is 28.4 Å². The molecule has 0 aliphatic rings. The first-order chi connectivity index (χ1) is 11.1. The van der Waals surface area contributed by atoms with Crippen LogP contribution in [0.1, 0.15) is 107 Å². The fourth-order valence-electron chi connectivity index (χ4n) is 1.08. The second-order valence-electron chi connectivity index (χ2n) is 4.95. The SMILES string of the molecule is C/C=C\C=C/C.CCCCC.CCCCCC.[CH-]=CC.[CH2-]CC.[CH3-].[CH3-].[W+2].[W+2]. The van der Waals surface area contributed by atoms with Crippen LogP contribution < -0.4 is 0 Å². The Bertz CT molecular complexity index is 169. The minimum atomic E-state index is 0. The van der Waals surface area contributed by atoms with Crippen LogP contribution in [0.25, 0.3) is 0 Å². The average molecular weight is 722 g/mol. The van der Waals surface area contributed by atoms with Gasteiger partial charge in [-0.25, -0.2) is 0 Å². The summed E-state index contributed by atoms with van der Waals surface area (Å²) in [5.41, 5.74) is 0. The molecule has 0 aliphatic carbocycles. The molecular formula is C25H54W2. The van der Waals surface area contributed by atoms with E-state index in [0.717, 1.165) is 6.42 Å². The van der Waals surface area contributed by atoms with Gasteiger partial charge in [-0.3, -0.25) is 6.08 Å².